The maximum atomic E-state index is 10.6. The molecule has 7 heteroatoms. The molecule has 0 amide bonds. The van der Waals surface area contributed by atoms with Gasteiger partial charge in [-0.15, -0.1) is 0 Å². The Balaban J connectivity index is 2.32. The van der Waals surface area contributed by atoms with Crippen molar-refractivity contribution in [3.8, 4) is 0 Å². The third-order valence-corrected chi connectivity index (χ3v) is 3.22. The summed E-state index contributed by atoms with van der Waals surface area (Å²) in [5.74, 6) is 0.518. The van der Waals surface area contributed by atoms with Crippen LogP contribution in [0.1, 0.15) is 26.7 Å². The van der Waals surface area contributed by atoms with Crippen LogP contribution in [-0.2, 0) is 0 Å². The summed E-state index contributed by atoms with van der Waals surface area (Å²) in [7, 11) is 2.11. The molecule has 0 fully saturated rings. The molecule has 1 aromatic rings. The molecule has 0 aliphatic heterocycles. The zero-order valence-corrected chi connectivity index (χ0v) is 12.3. The lowest BCUT2D eigenvalue weighted by molar-refractivity contribution is -0.384. The Kier molecular flexibility index (Phi) is 6.17. The maximum absolute atomic E-state index is 10.6. The lowest BCUT2D eigenvalue weighted by Crippen LogP contribution is -2.27. The molecular formula is C13H23N5O2. The number of rotatable bonds is 8. The first-order chi connectivity index (χ1) is 9.41. The standard InChI is InChI=1S/C13H23N5O2/c1-10(2)17(3)9-5-4-8-15-12-7-6-11(18(19)20)13(14)16-12/h6-7,10H,4-5,8-9H2,1-3H3,(H3,14,15,16). The molecule has 1 aromatic heterocycles. The van der Waals surface area contributed by atoms with Gasteiger partial charge in [-0.05, 0) is 46.3 Å². The van der Waals surface area contributed by atoms with E-state index in [4.69, 9.17) is 5.73 Å². The molecule has 0 aliphatic rings. The SMILES string of the molecule is CC(C)N(C)CCCCNc1ccc([N+](=O)[O-])c(N)n1. The van der Waals surface area contributed by atoms with Crippen molar-refractivity contribution in [2.75, 3.05) is 31.2 Å². The molecule has 1 heterocycles. The average molecular weight is 281 g/mol. The van der Waals surface area contributed by atoms with Gasteiger partial charge in [-0.25, -0.2) is 4.98 Å². The molecule has 0 radical (unpaired) electrons. The maximum Gasteiger partial charge on any atom is 0.311 e. The number of nitrogen functional groups attached to an aromatic ring is 1. The van der Waals surface area contributed by atoms with E-state index in [-0.39, 0.29) is 11.5 Å². The van der Waals surface area contributed by atoms with Gasteiger partial charge in [0.15, 0.2) is 0 Å². The average Bonchev–Trinajstić information content (AvgIpc) is 2.37. The largest absolute Gasteiger partial charge is 0.378 e. The van der Waals surface area contributed by atoms with E-state index in [0.29, 0.717) is 11.9 Å². The van der Waals surface area contributed by atoms with E-state index in [1.54, 1.807) is 6.07 Å². The number of aromatic nitrogens is 1. The van der Waals surface area contributed by atoms with E-state index in [1.165, 1.54) is 6.07 Å². The van der Waals surface area contributed by atoms with Crippen molar-refractivity contribution in [1.29, 1.82) is 0 Å². The molecule has 0 bridgehead atoms. The van der Waals surface area contributed by atoms with Crippen LogP contribution in [0, 0.1) is 10.1 Å². The second-order valence-corrected chi connectivity index (χ2v) is 5.07. The second kappa shape index (κ2) is 7.64. The number of nitrogens with zero attached hydrogens (tertiary/aromatic N) is 3. The highest BCUT2D eigenvalue weighted by molar-refractivity contribution is 5.57. The molecule has 0 atom stereocenters. The zero-order chi connectivity index (χ0) is 15.1. The predicted octanol–water partition coefficient (Wildman–Crippen LogP) is 2.10. The highest BCUT2D eigenvalue weighted by Crippen LogP contribution is 2.20. The molecule has 112 valence electrons. The van der Waals surface area contributed by atoms with Gasteiger partial charge in [-0.3, -0.25) is 10.1 Å². The van der Waals surface area contributed by atoms with E-state index in [9.17, 15) is 10.1 Å². The fraction of sp³-hybridized carbons (Fsp3) is 0.615. The van der Waals surface area contributed by atoms with Gasteiger partial charge in [-0.1, -0.05) is 0 Å². The molecule has 0 aromatic carbocycles. The minimum Gasteiger partial charge on any atom is -0.378 e. The number of nitro groups is 1. The summed E-state index contributed by atoms with van der Waals surface area (Å²) in [5.41, 5.74) is 5.37. The summed E-state index contributed by atoms with van der Waals surface area (Å²) in [6, 6.07) is 3.51. The fourth-order valence-corrected chi connectivity index (χ4v) is 1.68. The quantitative estimate of drug-likeness (QED) is 0.430. The summed E-state index contributed by atoms with van der Waals surface area (Å²) in [6.07, 6.45) is 2.10. The minimum absolute atomic E-state index is 0.0560. The van der Waals surface area contributed by atoms with Crippen LogP contribution < -0.4 is 11.1 Å². The Morgan fingerprint density at radius 1 is 1.45 bits per heavy atom. The highest BCUT2D eigenvalue weighted by atomic mass is 16.6. The van der Waals surface area contributed by atoms with Crippen molar-refractivity contribution >= 4 is 17.3 Å². The first-order valence-corrected chi connectivity index (χ1v) is 6.77. The lowest BCUT2D eigenvalue weighted by atomic mass is 10.2. The van der Waals surface area contributed by atoms with E-state index < -0.39 is 4.92 Å². The fourth-order valence-electron chi connectivity index (χ4n) is 1.68. The van der Waals surface area contributed by atoms with Crippen LogP contribution in [0.15, 0.2) is 12.1 Å². The Morgan fingerprint density at radius 2 is 2.15 bits per heavy atom. The number of anilines is 2. The van der Waals surface area contributed by atoms with Gasteiger partial charge >= 0.3 is 5.69 Å². The lowest BCUT2D eigenvalue weighted by Gasteiger charge is -2.20. The van der Waals surface area contributed by atoms with Crippen LogP contribution in [0.25, 0.3) is 0 Å². The topological polar surface area (TPSA) is 97.3 Å². The van der Waals surface area contributed by atoms with Gasteiger partial charge in [0.1, 0.15) is 5.82 Å². The number of hydrogen-bond donors (Lipinski definition) is 2. The number of unbranched alkanes of at least 4 members (excludes halogenated alkanes) is 1. The summed E-state index contributed by atoms with van der Waals surface area (Å²) >= 11 is 0. The van der Waals surface area contributed by atoms with Crippen LogP contribution in [0.5, 0.6) is 0 Å². The third-order valence-electron chi connectivity index (χ3n) is 3.22. The molecule has 7 nitrogen and oxygen atoms in total. The first-order valence-electron chi connectivity index (χ1n) is 6.77. The van der Waals surface area contributed by atoms with Crippen LogP contribution >= 0.6 is 0 Å². The van der Waals surface area contributed by atoms with Crippen molar-refractivity contribution in [3.05, 3.63) is 22.2 Å². The van der Waals surface area contributed by atoms with E-state index in [0.717, 1.165) is 25.9 Å². The molecule has 0 saturated heterocycles. The van der Waals surface area contributed by atoms with Gasteiger partial charge in [-0.2, -0.15) is 0 Å². The smallest absolute Gasteiger partial charge is 0.311 e. The summed E-state index contributed by atoms with van der Waals surface area (Å²) < 4.78 is 0. The van der Waals surface area contributed by atoms with Crippen molar-refractivity contribution in [1.82, 2.24) is 9.88 Å². The normalized spacial score (nSPS) is 11.1. The Hall–Kier alpha value is -1.89. The van der Waals surface area contributed by atoms with Gasteiger partial charge in [0.05, 0.1) is 4.92 Å². The molecule has 0 unspecified atom stereocenters. The molecule has 20 heavy (non-hydrogen) atoms. The van der Waals surface area contributed by atoms with Gasteiger partial charge in [0.25, 0.3) is 0 Å². The van der Waals surface area contributed by atoms with Crippen LogP contribution in [0.3, 0.4) is 0 Å². The Morgan fingerprint density at radius 3 is 2.70 bits per heavy atom. The monoisotopic (exact) mass is 281 g/mol. The van der Waals surface area contributed by atoms with Crippen LogP contribution in [0.4, 0.5) is 17.3 Å². The molecule has 0 aliphatic carbocycles. The predicted molar refractivity (Wildman–Crippen MR) is 80.8 cm³/mol. The van der Waals surface area contributed by atoms with E-state index >= 15 is 0 Å². The van der Waals surface area contributed by atoms with Crippen molar-refractivity contribution < 1.29 is 4.92 Å². The van der Waals surface area contributed by atoms with Gasteiger partial charge in [0, 0.05) is 18.7 Å². The third kappa shape index (κ3) is 5.00. The molecule has 0 spiro atoms. The van der Waals surface area contributed by atoms with E-state index in [2.05, 4.69) is 36.1 Å². The number of pyridine rings is 1. The van der Waals surface area contributed by atoms with Gasteiger partial charge in [0.2, 0.25) is 5.82 Å². The summed E-state index contributed by atoms with van der Waals surface area (Å²) in [6.45, 7) is 6.16. The number of nitrogens with two attached hydrogens (primary N) is 1. The molecule has 1 rings (SSSR count). The molecule has 0 saturated carbocycles. The van der Waals surface area contributed by atoms with Crippen molar-refractivity contribution in [2.45, 2.75) is 32.7 Å². The van der Waals surface area contributed by atoms with Crippen molar-refractivity contribution in [2.24, 2.45) is 0 Å². The van der Waals surface area contributed by atoms with E-state index in [1.807, 2.05) is 0 Å². The minimum atomic E-state index is -0.534. The first kappa shape index (κ1) is 16.2. The summed E-state index contributed by atoms with van der Waals surface area (Å²) in [4.78, 5) is 16.3. The number of hydrogen-bond acceptors (Lipinski definition) is 6. The Bertz CT molecular complexity index is 450. The molecular weight excluding hydrogens is 258 g/mol. The highest BCUT2D eigenvalue weighted by Gasteiger charge is 2.12. The van der Waals surface area contributed by atoms with Crippen molar-refractivity contribution in [3.63, 3.8) is 0 Å². The Labute approximate surface area is 119 Å². The second-order valence-electron chi connectivity index (χ2n) is 5.07. The zero-order valence-electron chi connectivity index (χ0n) is 12.3. The van der Waals surface area contributed by atoms with Gasteiger partial charge < -0.3 is 16.0 Å². The summed E-state index contributed by atoms with van der Waals surface area (Å²) in [5, 5.41) is 13.7. The molecule has 3 N–H and O–H groups in total. The number of nitrogens with one attached hydrogen (secondary N) is 1. The van der Waals surface area contributed by atoms with Crippen LogP contribution in [-0.4, -0.2) is 41.0 Å². The van der Waals surface area contributed by atoms with Crippen LogP contribution in [0.2, 0.25) is 0 Å².